The van der Waals surface area contributed by atoms with Crippen molar-refractivity contribution in [1.29, 1.82) is 0 Å². The minimum Gasteiger partial charge on any atom is -0.464 e. The first-order valence-electron chi connectivity index (χ1n) is 4.83. The second kappa shape index (κ2) is 5.19. The van der Waals surface area contributed by atoms with E-state index in [9.17, 15) is 9.90 Å². The molecule has 0 spiro atoms. The van der Waals surface area contributed by atoms with Crippen molar-refractivity contribution in [2.45, 2.75) is 38.3 Å². The Morgan fingerprint density at radius 1 is 1.69 bits per heavy atom. The standard InChI is InChI=1S/C9H17NO3/c1-2-3-6-13-9(12)8-7(11)4-5-10-8/h7-8,10-11H,2-6H2,1H3/t7?,8-/m0/s1. The predicted molar refractivity (Wildman–Crippen MR) is 48.3 cm³/mol. The van der Waals surface area contributed by atoms with Gasteiger partial charge < -0.3 is 15.2 Å². The van der Waals surface area contributed by atoms with Gasteiger partial charge in [-0.25, -0.2) is 0 Å². The zero-order valence-corrected chi connectivity index (χ0v) is 7.95. The van der Waals surface area contributed by atoms with E-state index in [1.54, 1.807) is 0 Å². The normalized spacial score (nSPS) is 27.5. The Kier molecular flexibility index (Phi) is 4.18. The largest absolute Gasteiger partial charge is 0.464 e. The first kappa shape index (κ1) is 10.5. The van der Waals surface area contributed by atoms with Gasteiger partial charge in [-0.1, -0.05) is 13.3 Å². The van der Waals surface area contributed by atoms with E-state index in [1.165, 1.54) is 0 Å². The summed E-state index contributed by atoms with van der Waals surface area (Å²) in [5, 5.41) is 12.3. The maximum Gasteiger partial charge on any atom is 0.325 e. The minimum absolute atomic E-state index is 0.321. The summed E-state index contributed by atoms with van der Waals surface area (Å²) < 4.78 is 4.98. The summed E-state index contributed by atoms with van der Waals surface area (Å²) in [5.41, 5.74) is 0. The van der Waals surface area contributed by atoms with Crippen LogP contribution in [0.2, 0.25) is 0 Å². The van der Waals surface area contributed by atoms with Gasteiger partial charge in [-0.3, -0.25) is 4.79 Å². The van der Waals surface area contributed by atoms with Crippen molar-refractivity contribution in [3.63, 3.8) is 0 Å². The number of ether oxygens (including phenoxy) is 1. The molecule has 0 amide bonds. The molecule has 0 saturated carbocycles. The average molecular weight is 187 g/mol. The van der Waals surface area contributed by atoms with Crippen LogP contribution < -0.4 is 5.32 Å². The van der Waals surface area contributed by atoms with Gasteiger partial charge in [0.2, 0.25) is 0 Å². The van der Waals surface area contributed by atoms with Crippen LogP contribution in [-0.4, -0.2) is 36.4 Å². The molecule has 1 unspecified atom stereocenters. The fourth-order valence-corrected chi connectivity index (χ4v) is 1.34. The number of hydrogen-bond donors (Lipinski definition) is 2. The maximum absolute atomic E-state index is 11.3. The van der Waals surface area contributed by atoms with E-state index in [1.807, 2.05) is 6.92 Å². The number of unbranched alkanes of at least 4 members (excludes halogenated alkanes) is 1. The molecule has 1 aliphatic heterocycles. The van der Waals surface area contributed by atoms with E-state index in [4.69, 9.17) is 4.74 Å². The Labute approximate surface area is 78.3 Å². The van der Waals surface area contributed by atoms with Gasteiger partial charge in [-0.05, 0) is 19.4 Å². The molecule has 2 atom stereocenters. The van der Waals surface area contributed by atoms with Crippen LogP contribution in [0.4, 0.5) is 0 Å². The lowest BCUT2D eigenvalue weighted by atomic mass is 10.2. The highest BCUT2D eigenvalue weighted by Crippen LogP contribution is 2.08. The van der Waals surface area contributed by atoms with Crippen LogP contribution in [0.15, 0.2) is 0 Å². The first-order valence-corrected chi connectivity index (χ1v) is 4.83. The summed E-state index contributed by atoms with van der Waals surface area (Å²) >= 11 is 0. The van der Waals surface area contributed by atoms with Crippen LogP contribution in [0.1, 0.15) is 26.2 Å². The predicted octanol–water partition coefficient (Wildman–Crippen LogP) is 0.0525. The Bertz CT molecular complexity index is 172. The van der Waals surface area contributed by atoms with E-state index < -0.39 is 12.1 Å². The molecule has 2 N–H and O–H groups in total. The molecule has 1 fully saturated rings. The zero-order chi connectivity index (χ0) is 9.68. The van der Waals surface area contributed by atoms with Crippen molar-refractivity contribution in [3.05, 3.63) is 0 Å². The van der Waals surface area contributed by atoms with Crippen LogP contribution in [0.5, 0.6) is 0 Å². The van der Waals surface area contributed by atoms with E-state index in [0.29, 0.717) is 19.6 Å². The molecule has 4 heteroatoms. The molecule has 0 aromatic rings. The Morgan fingerprint density at radius 2 is 2.46 bits per heavy atom. The first-order chi connectivity index (χ1) is 6.25. The van der Waals surface area contributed by atoms with Gasteiger partial charge in [0.25, 0.3) is 0 Å². The van der Waals surface area contributed by atoms with Crippen molar-refractivity contribution < 1.29 is 14.6 Å². The van der Waals surface area contributed by atoms with Crippen LogP contribution >= 0.6 is 0 Å². The van der Waals surface area contributed by atoms with Gasteiger partial charge in [-0.2, -0.15) is 0 Å². The van der Waals surface area contributed by atoms with Crippen molar-refractivity contribution in [2.75, 3.05) is 13.2 Å². The lowest BCUT2D eigenvalue weighted by Crippen LogP contribution is -2.39. The highest BCUT2D eigenvalue weighted by Gasteiger charge is 2.32. The number of esters is 1. The number of rotatable bonds is 4. The van der Waals surface area contributed by atoms with Gasteiger partial charge >= 0.3 is 5.97 Å². The van der Waals surface area contributed by atoms with Gasteiger partial charge in [0.05, 0.1) is 12.7 Å². The minimum atomic E-state index is -0.575. The smallest absolute Gasteiger partial charge is 0.325 e. The molecular formula is C9H17NO3. The van der Waals surface area contributed by atoms with Crippen LogP contribution in [0.25, 0.3) is 0 Å². The third-order valence-electron chi connectivity index (χ3n) is 2.19. The number of hydrogen-bond acceptors (Lipinski definition) is 4. The highest BCUT2D eigenvalue weighted by molar-refractivity contribution is 5.76. The quantitative estimate of drug-likeness (QED) is 0.482. The molecule has 0 aromatic heterocycles. The van der Waals surface area contributed by atoms with E-state index >= 15 is 0 Å². The lowest BCUT2D eigenvalue weighted by Gasteiger charge is -2.13. The van der Waals surface area contributed by atoms with Crippen molar-refractivity contribution >= 4 is 5.97 Å². The molecule has 0 bridgehead atoms. The number of carbonyl (C=O) groups excluding carboxylic acids is 1. The van der Waals surface area contributed by atoms with Crippen LogP contribution in [0, 0.1) is 0 Å². The van der Waals surface area contributed by atoms with E-state index in [-0.39, 0.29) is 5.97 Å². The monoisotopic (exact) mass is 187 g/mol. The van der Waals surface area contributed by atoms with Crippen molar-refractivity contribution in [2.24, 2.45) is 0 Å². The third-order valence-corrected chi connectivity index (χ3v) is 2.19. The number of aliphatic hydroxyl groups excluding tert-OH is 1. The van der Waals surface area contributed by atoms with Gasteiger partial charge in [0.15, 0.2) is 0 Å². The molecule has 0 aliphatic carbocycles. The topological polar surface area (TPSA) is 58.6 Å². The van der Waals surface area contributed by atoms with E-state index in [2.05, 4.69) is 5.32 Å². The second-order valence-corrected chi connectivity index (χ2v) is 3.31. The fraction of sp³-hybridized carbons (Fsp3) is 0.889. The van der Waals surface area contributed by atoms with E-state index in [0.717, 1.165) is 12.8 Å². The summed E-state index contributed by atoms with van der Waals surface area (Å²) in [5.74, 6) is -0.321. The average Bonchev–Trinajstić information content (AvgIpc) is 2.52. The second-order valence-electron chi connectivity index (χ2n) is 3.31. The molecule has 76 valence electrons. The molecule has 4 nitrogen and oxygen atoms in total. The molecule has 1 saturated heterocycles. The number of nitrogens with one attached hydrogen (secondary N) is 1. The van der Waals surface area contributed by atoms with Crippen molar-refractivity contribution in [3.8, 4) is 0 Å². The Morgan fingerprint density at radius 3 is 3.00 bits per heavy atom. The van der Waals surface area contributed by atoms with Crippen molar-refractivity contribution in [1.82, 2.24) is 5.32 Å². The fourth-order valence-electron chi connectivity index (χ4n) is 1.34. The highest BCUT2D eigenvalue weighted by atomic mass is 16.5. The Balaban J connectivity index is 2.22. The SMILES string of the molecule is CCCCOC(=O)[C@H]1NCCC1O. The number of carbonyl (C=O) groups is 1. The number of aliphatic hydroxyl groups is 1. The molecule has 1 rings (SSSR count). The van der Waals surface area contributed by atoms with Gasteiger partial charge in [0.1, 0.15) is 6.04 Å². The zero-order valence-electron chi connectivity index (χ0n) is 7.95. The summed E-state index contributed by atoms with van der Waals surface area (Å²) in [6.07, 6.45) is 1.95. The van der Waals surface area contributed by atoms with Gasteiger partial charge in [0, 0.05) is 0 Å². The molecule has 0 radical (unpaired) electrons. The summed E-state index contributed by atoms with van der Waals surface area (Å²) in [6, 6.07) is -0.503. The lowest BCUT2D eigenvalue weighted by molar-refractivity contribution is -0.148. The summed E-state index contributed by atoms with van der Waals surface area (Å²) in [7, 11) is 0. The van der Waals surface area contributed by atoms with Gasteiger partial charge in [-0.15, -0.1) is 0 Å². The van der Waals surface area contributed by atoms with Crippen LogP contribution in [-0.2, 0) is 9.53 Å². The summed E-state index contributed by atoms with van der Waals surface area (Å²) in [4.78, 5) is 11.3. The third kappa shape index (κ3) is 2.97. The molecule has 13 heavy (non-hydrogen) atoms. The maximum atomic E-state index is 11.3. The molecule has 0 aromatic carbocycles. The Hall–Kier alpha value is -0.610. The molecule has 1 aliphatic rings. The molecule has 1 heterocycles. The van der Waals surface area contributed by atoms with Crippen LogP contribution in [0.3, 0.4) is 0 Å². The summed E-state index contributed by atoms with van der Waals surface area (Å²) in [6.45, 7) is 3.19. The molecular weight excluding hydrogens is 170 g/mol.